The van der Waals surface area contributed by atoms with Gasteiger partial charge in [-0.1, -0.05) is 12.1 Å². The molecule has 1 unspecified atom stereocenters. The number of halogens is 2. The molecule has 20 heavy (non-hydrogen) atoms. The zero-order valence-electron chi connectivity index (χ0n) is 10.9. The Hall–Kier alpha value is -2.43. The summed E-state index contributed by atoms with van der Waals surface area (Å²) in [5.41, 5.74) is 6.99. The van der Waals surface area contributed by atoms with E-state index in [-0.39, 0.29) is 5.91 Å². The monoisotopic (exact) mass is 276 g/mol. The van der Waals surface area contributed by atoms with Crippen LogP contribution in [0, 0.1) is 11.6 Å². The van der Waals surface area contributed by atoms with Crippen LogP contribution in [0.25, 0.3) is 0 Å². The molecular formula is C15H14F2N2O. The van der Waals surface area contributed by atoms with Crippen molar-refractivity contribution in [1.29, 1.82) is 0 Å². The van der Waals surface area contributed by atoms with Crippen LogP contribution in [-0.2, 0) is 0 Å². The summed E-state index contributed by atoms with van der Waals surface area (Å²) >= 11 is 0. The zero-order chi connectivity index (χ0) is 14.7. The molecule has 0 heterocycles. The zero-order valence-corrected chi connectivity index (χ0v) is 10.9. The molecule has 0 radical (unpaired) electrons. The van der Waals surface area contributed by atoms with E-state index < -0.39 is 17.7 Å². The van der Waals surface area contributed by atoms with Gasteiger partial charge in [0.05, 0.1) is 6.04 Å². The van der Waals surface area contributed by atoms with Crippen LogP contribution >= 0.6 is 0 Å². The van der Waals surface area contributed by atoms with Crippen LogP contribution < -0.4 is 11.1 Å². The van der Waals surface area contributed by atoms with E-state index in [1.54, 1.807) is 31.2 Å². The molecule has 0 aromatic heterocycles. The van der Waals surface area contributed by atoms with Crippen molar-refractivity contribution in [3.8, 4) is 0 Å². The second-order valence-corrected chi connectivity index (χ2v) is 4.49. The van der Waals surface area contributed by atoms with Gasteiger partial charge in [-0.3, -0.25) is 4.79 Å². The predicted octanol–water partition coefficient (Wildman–Crippen LogP) is 3.04. The number of amides is 1. The highest BCUT2D eigenvalue weighted by Gasteiger charge is 2.13. The second kappa shape index (κ2) is 5.69. The van der Waals surface area contributed by atoms with Gasteiger partial charge in [0.2, 0.25) is 0 Å². The van der Waals surface area contributed by atoms with Gasteiger partial charge in [-0.05, 0) is 42.8 Å². The lowest BCUT2D eigenvalue weighted by Gasteiger charge is -2.14. The first kappa shape index (κ1) is 14.0. The van der Waals surface area contributed by atoms with Crippen molar-refractivity contribution in [2.45, 2.75) is 13.0 Å². The Morgan fingerprint density at radius 2 is 1.90 bits per heavy atom. The fourth-order valence-corrected chi connectivity index (χ4v) is 1.82. The molecule has 1 amide bonds. The average Bonchev–Trinajstić information content (AvgIpc) is 2.41. The standard InChI is InChI=1S/C15H14F2N2O/c1-9(10-5-6-13(16)14(17)8-10)19-15(20)11-3-2-4-12(18)7-11/h2-9H,18H2,1H3,(H,19,20). The molecule has 0 aliphatic heterocycles. The number of benzene rings is 2. The molecule has 5 heteroatoms. The van der Waals surface area contributed by atoms with Crippen LogP contribution in [0.2, 0.25) is 0 Å². The van der Waals surface area contributed by atoms with E-state index in [1.165, 1.54) is 6.07 Å². The quantitative estimate of drug-likeness (QED) is 0.847. The van der Waals surface area contributed by atoms with E-state index >= 15 is 0 Å². The maximum absolute atomic E-state index is 13.1. The van der Waals surface area contributed by atoms with Crippen molar-refractivity contribution >= 4 is 11.6 Å². The number of hydrogen-bond donors (Lipinski definition) is 2. The SMILES string of the molecule is CC(NC(=O)c1cccc(N)c1)c1ccc(F)c(F)c1. The van der Waals surface area contributed by atoms with Gasteiger partial charge in [0.1, 0.15) is 0 Å². The molecule has 2 aromatic carbocycles. The lowest BCUT2D eigenvalue weighted by Crippen LogP contribution is -2.26. The average molecular weight is 276 g/mol. The van der Waals surface area contributed by atoms with E-state index in [9.17, 15) is 13.6 Å². The summed E-state index contributed by atoms with van der Waals surface area (Å²) in [5, 5.41) is 2.70. The minimum atomic E-state index is -0.937. The van der Waals surface area contributed by atoms with Crippen LogP contribution in [0.3, 0.4) is 0 Å². The number of nitrogens with one attached hydrogen (secondary N) is 1. The molecule has 104 valence electrons. The maximum Gasteiger partial charge on any atom is 0.251 e. The summed E-state index contributed by atoms with van der Waals surface area (Å²) in [6.45, 7) is 1.69. The Bertz CT molecular complexity index is 644. The first-order valence-corrected chi connectivity index (χ1v) is 6.08. The molecule has 3 N–H and O–H groups in total. The lowest BCUT2D eigenvalue weighted by atomic mass is 10.1. The fourth-order valence-electron chi connectivity index (χ4n) is 1.82. The lowest BCUT2D eigenvalue weighted by molar-refractivity contribution is 0.0940. The van der Waals surface area contributed by atoms with Crippen LogP contribution in [-0.4, -0.2) is 5.91 Å². The summed E-state index contributed by atoms with van der Waals surface area (Å²) < 4.78 is 26.0. The molecular weight excluding hydrogens is 262 g/mol. The van der Waals surface area contributed by atoms with Crippen molar-refractivity contribution in [2.24, 2.45) is 0 Å². The predicted molar refractivity (Wildman–Crippen MR) is 73.1 cm³/mol. The fraction of sp³-hybridized carbons (Fsp3) is 0.133. The first-order valence-electron chi connectivity index (χ1n) is 6.08. The number of hydrogen-bond acceptors (Lipinski definition) is 2. The van der Waals surface area contributed by atoms with E-state index in [0.717, 1.165) is 12.1 Å². The van der Waals surface area contributed by atoms with Gasteiger partial charge in [-0.2, -0.15) is 0 Å². The van der Waals surface area contributed by atoms with Crippen LogP contribution in [0.4, 0.5) is 14.5 Å². The number of carbonyl (C=O) groups is 1. The van der Waals surface area contributed by atoms with Gasteiger partial charge in [-0.15, -0.1) is 0 Å². The minimum Gasteiger partial charge on any atom is -0.399 e. The van der Waals surface area contributed by atoms with Crippen molar-refractivity contribution in [2.75, 3.05) is 5.73 Å². The van der Waals surface area contributed by atoms with Crippen molar-refractivity contribution in [1.82, 2.24) is 5.32 Å². The van der Waals surface area contributed by atoms with Gasteiger partial charge in [0.15, 0.2) is 11.6 Å². The maximum atomic E-state index is 13.1. The van der Waals surface area contributed by atoms with Gasteiger partial charge < -0.3 is 11.1 Å². The number of nitrogen functional groups attached to an aromatic ring is 1. The normalized spacial score (nSPS) is 11.9. The van der Waals surface area contributed by atoms with Crippen LogP contribution in [0.5, 0.6) is 0 Å². The Balaban J connectivity index is 2.13. The Morgan fingerprint density at radius 1 is 1.15 bits per heavy atom. The van der Waals surface area contributed by atoms with Crippen LogP contribution in [0.1, 0.15) is 28.9 Å². The van der Waals surface area contributed by atoms with Gasteiger partial charge in [-0.25, -0.2) is 8.78 Å². The molecule has 3 nitrogen and oxygen atoms in total. The van der Waals surface area contributed by atoms with Crippen LogP contribution in [0.15, 0.2) is 42.5 Å². The third kappa shape index (κ3) is 3.12. The highest BCUT2D eigenvalue weighted by Crippen LogP contribution is 2.17. The molecule has 0 saturated heterocycles. The van der Waals surface area contributed by atoms with Crippen molar-refractivity contribution in [3.05, 3.63) is 65.2 Å². The van der Waals surface area contributed by atoms with E-state index in [2.05, 4.69) is 5.32 Å². The Morgan fingerprint density at radius 3 is 2.55 bits per heavy atom. The summed E-state index contributed by atoms with van der Waals surface area (Å²) in [4.78, 5) is 12.0. The summed E-state index contributed by atoms with van der Waals surface area (Å²) in [6.07, 6.45) is 0. The molecule has 0 saturated carbocycles. The van der Waals surface area contributed by atoms with Crippen molar-refractivity contribution in [3.63, 3.8) is 0 Å². The third-order valence-electron chi connectivity index (χ3n) is 2.94. The van der Waals surface area contributed by atoms with E-state index in [1.807, 2.05) is 0 Å². The first-order chi connectivity index (χ1) is 9.47. The van der Waals surface area contributed by atoms with Gasteiger partial charge in [0.25, 0.3) is 5.91 Å². The molecule has 1 atom stereocenters. The van der Waals surface area contributed by atoms with Crippen molar-refractivity contribution < 1.29 is 13.6 Å². The van der Waals surface area contributed by atoms with E-state index in [0.29, 0.717) is 16.8 Å². The molecule has 2 aromatic rings. The van der Waals surface area contributed by atoms with Gasteiger partial charge >= 0.3 is 0 Å². The Kier molecular flexibility index (Phi) is 3.98. The molecule has 0 fully saturated rings. The molecule has 0 bridgehead atoms. The highest BCUT2D eigenvalue weighted by molar-refractivity contribution is 5.95. The highest BCUT2D eigenvalue weighted by atomic mass is 19.2. The summed E-state index contributed by atoms with van der Waals surface area (Å²) in [6, 6.07) is 9.62. The number of anilines is 1. The number of nitrogens with two attached hydrogens (primary N) is 1. The smallest absolute Gasteiger partial charge is 0.251 e. The number of carbonyl (C=O) groups excluding carboxylic acids is 1. The molecule has 0 aliphatic rings. The molecule has 0 spiro atoms. The summed E-state index contributed by atoms with van der Waals surface area (Å²) in [7, 11) is 0. The summed E-state index contributed by atoms with van der Waals surface area (Å²) in [5.74, 6) is -2.18. The minimum absolute atomic E-state index is 0.325. The van der Waals surface area contributed by atoms with Gasteiger partial charge in [0, 0.05) is 11.3 Å². The van der Waals surface area contributed by atoms with E-state index in [4.69, 9.17) is 5.73 Å². The second-order valence-electron chi connectivity index (χ2n) is 4.49. The third-order valence-corrected chi connectivity index (χ3v) is 2.94. The largest absolute Gasteiger partial charge is 0.399 e. The Labute approximate surface area is 115 Å². The number of rotatable bonds is 3. The topological polar surface area (TPSA) is 55.1 Å². The molecule has 2 rings (SSSR count). The molecule has 0 aliphatic carbocycles.